The van der Waals surface area contributed by atoms with Crippen LogP contribution in [0.15, 0.2) is 288 Å². The van der Waals surface area contributed by atoms with Crippen molar-refractivity contribution in [2.75, 3.05) is 67.8 Å². The van der Waals surface area contributed by atoms with Gasteiger partial charge in [-0.1, -0.05) is 141 Å². The van der Waals surface area contributed by atoms with Gasteiger partial charge in [0.15, 0.2) is 0 Å². The maximum Gasteiger partial charge on any atom is 3.00 e. The molecule has 0 saturated heterocycles. The van der Waals surface area contributed by atoms with E-state index in [-0.39, 0.29) is 72.1 Å². The van der Waals surface area contributed by atoms with Crippen LogP contribution in [0.25, 0.3) is 116 Å². The Kier molecular flexibility index (Phi) is 22.5. The van der Waals surface area contributed by atoms with Crippen LogP contribution in [0.5, 0.6) is 11.5 Å². The standard InChI is InChI=1S/C35H35N4O.3C16H13N2O.C13H8N3.2Ir.Pt/c1-34(2,3)24-14-15-36-33(20-24)39-31-11-9-8-10-29(31)30-13-12-27(22-32(30)39)40-28-19-25(35(4,5)6)18-26(21-28)38-17-16-37(7)23-38;3*1-17-9-10-18(11-17)14-7-4-6-13-12-5-2-3-8-15(12)19-16(13)14;1-2-5-11-10(4-1)13-14-7-9-16(13)12-6-3-8-15(11)12;;;/h8-20,23H,1-7H3;3*2-6,8-10H,11H2,1H3;1-3,5-9H;;;/q-3;4*-1;;+3;. The fourth-order valence-electron chi connectivity index (χ4n) is 15.0. The van der Waals surface area contributed by atoms with Crippen LogP contribution in [0.2, 0.25) is 0 Å². The average Bonchev–Trinajstić information content (AvgIpc) is 1.60. The Balaban J connectivity index is 0.000000119. The topological polar surface area (TPSA) is 114 Å². The summed E-state index contributed by atoms with van der Waals surface area (Å²) >= 11 is 0. The van der Waals surface area contributed by atoms with E-state index in [9.17, 15) is 0 Å². The van der Waals surface area contributed by atoms with Crippen molar-refractivity contribution >= 4 is 133 Å². The first-order chi connectivity index (χ1) is 54.9. The minimum Gasteiger partial charge on any atom is -0.513 e. The first kappa shape index (κ1) is 79.4. The number of rotatable bonds is 7. The number of hydrogen-bond acceptors (Lipinski definition) is 14. The van der Waals surface area contributed by atoms with E-state index in [1.165, 1.54) is 11.1 Å². The van der Waals surface area contributed by atoms with Gasteiger partial charge in [-0.05, 0) is 112 Å². The van der Waals surface area contributed by atoms with E-state index in [2.05, 4.69) is 298 Å². The van der Waals surface area contributed by atoms with Crippen LogP contribution in [-0.4, -0.2) is 91.1 Å². The van der Waals surface area contributed by atoms with Crippen molar-refractivity contribution in [3.8, 4) is 17.3 Å². The molecule has 0 spiro atoms. The molecule has 12 heterocycles. The molecule has 1 radical (unpaired) electrons. The van der Waals surface area contributed by atoms with Crippen LogP contribution in [0, 0.1) is 43.1 Å². The normalized spacial score (nSPS) is 13.8. The summed E-state index contributed by atoms with van der Waals surface area (Å²) in [7, 11) is 8.16. The van der Waals surface area contributed by atoms with Crippen molar-refractivity contribution in [3.63, 3.8) is 0 Å². The molecule has 0 atom stereocenters. The Morgan fingerprint density at radius 3 is 1.47 bits per heavy atom. The van der Waals surface area contributed by atoms with Gasteiger partial charge in [-0.15, -0.1) is 71.2 Å². The molecule has 0 amide bonds. The zero-order valence-corrected chi connectivity index (χ0v) is 72.7. The van der Waals surface area contributed by atoms with Crippen LogP contribution >= 0.6 is 0 Å². The first-order valence-corrected chi connectivity index (χ1v) is 37.8. The summed E-state index contributed by atoms with van der Waals surface area (Å²) in [6.07, 6.45) is 24.1. The molecule has 20 heteroatoms. The molecule has 22 rings (SSSR count). The molecule has 0 unspecified atom stereocenters. The zero-order chi connectivity index (χ0) is 77.2. The molecule has 8 aromatic heterocycles. The van der Waals surface area contributed by atoms with E-state index in [1.54, 1.807) is 0 Å². The first-order valence-electron chi connectivity index (χ1n) is 37.8. The average molecular weight is 2060 g/mol. The number of aromatic nitrogens is 5. The monoisotopic (exact) mass is 2060 g/mol. The van der Waals surface area contributed by atoms with E-state index in [1.807, 2.05) is 147 Å². The Morgan fingerprint density at radius 1 is 0.431 bits per heavy atom. The van der Waals surface area contributed by atoms with Crippen molar-refractivity contribution in [2.24, 2.45) is 0 Å². The van der Waals surface area contributed by atoms with E-state index in [4.69, 9.17) is 23.0 Å². The smallest absolute Gasteiger partial charge is 0.513 e. The van der Waals surface area contributed by atoms with Crippen LogP contribution < -0.4 is 24.3 Å². The van der Waals surface area contributed by atoms with E-state index in [0.29, 0.717) is 11.5 Å². The molecule has 0 bridgehead atoms. The molecule has 4 aliphatic heterocycles. The third-order valence-electron chi connectivity index (χ3n) is 20.7. The number of benzene rings is 10. The van der Waals surface area contributed by atoms with Crippen LogP contribution in [0.1, 0.15) is 52.7 Å². The van der Waals surface area contributed by atoms with Gasteiger partial charge >= 0.3 is 20.1 Å². The maximum absolute atomic E-state index is 6.49. The molecular weight excluding hydrogens is 1980 g/mol. The van der Waals surface area contributed by atoms with Gasteiger partial charge in [0.1, 0.15) is 28.2 Å². The van der Waals surface area contributed by atoms with Gasteiger partial charge in [-0.2, -0.15) is 67.3 Å². The van der Waals surface area contributed by atoms with Crippen molar-refractivity contribution in [1.82, 2.24) is 42.9 Å². The van der Waals surface area contributed by atoms with Gasteiger partial charge in [0.25, 0.3) is 0 Å². The molecule has 0 saturated carbocycles. The third kappa shape index (κ3) is 15.5. The summed E-state index contributed by atoms with van der Waals surface area (Å²) < 4.78 is 30.9. The van der Waals surface area contributed by atoms with Gasteiger partial charge in [-0.3, -0.25) is 4.98 Å². The largest absolute Gasteiger partial charge is 3.00 e. The zero-order valence-electron chi connectivity index (χ0n) is 65.6. The summed E-state index contributed by atoms with van der Waals surface area (Å²) in [6, 6.07) is 87.9. The number of anilines is 4. The third-order valence-corrected chi connectivity index (χ3v) is 20.7. The Hall–Kier alpha value is -11.8. The van der Waals surface area contributed by atoms with Crippen molar-refractivity contribution in [3.05, 3.63) is 329 Å². The molecule has 587 valence electrons. The summed E-state index contributed by atoms with van der Waals surface area (Å²) in [5.41, 5.74) is 17.0. The number of para-hydroxylation sites is 4. The minimum absolute atomic E-state index is 0. The fourth-order valence-corrected chi connectivity index (χ4v) is 15.0. The van der Waals surface area contributed by atoms with Gasteiger partial charge in [0, 0.05) is 174 Å². The van der Waals surface area contributed by atoms with Crippen molar-refractivity contribution in [2.45, 2.75) is 52.4 Å². The maximum atomic E-state index is 6.49. The molecule has 10 aromatic carbocycles. The molecule has 4 aliphatic rings. The number of ether oxygens (including phenoxy) is 1. The van der Waals surface area contributed by atoms with E-state index in [0.717, 1.165) is 158 Å². The Morgan fingerprint density at radius 2 is 0.957 bits per heavy atom. The molecule has 17 nitrogen and oxygen atoms in total. The predicted molar refractivity (Wildman–Crippen MR) is 457 cm³/mol. The van der Waals surface area contributed by atoms with Crippen LogP contribution in [-0.2, 0) is 72.1 Å². The number of furan rings is 3. The molecule has 18 aromatic rings. The predicted octanol–water partition coefficient (Wildman–Crippen LogP) is 21.7. The summed E-state index contributed by atoms with van der Waals surface area (Å²) in [6.45, 7) is 17.8. The molecule has 0 N–H and O–H groups in total. The SMILES string of the molecule is CN1C=CN(c2[c-]c(Oc3[c-]c4c(cc3)c3ccccc3n4-c3cc(C(C)(C)C)ccn3)cc(C(C)(C)C)c2)[CH-]1.CN1C=CN(c2[c-]ccc3c2oc2ccccc23)C1.CN1C=CN(c2[c-]ccc3c2oc2ccccc23)C1.CN1C=CN(c2[c-]ccc3c2oc2ccccc23)C1.[Ir+3].[Ir].[Pt].[c-]1cccc2c1c1nccn1c1cccn21. The van der Waals surface area contributed by atoms with Gasteiger partial charge in [0.05, 0.1) is 25.7 Å². The van der Waals surface area contributed by atoms with E-state index < -0.39 is 0 Å². The minimum atomic E-state index is -0.0544. The fraction of sp³-hybridized carbons (Fsp3) is 0.156. The Labute approximate surface area is 715 Å². The van der Waals surface area contributed by atoms with E-state index >= 15 is 0 Å². The second kappa shape index (κ2) is 32.8. The van der Waals surface area contributed by atoms with Gasteiger partial charge < -0.3 is 70.6 Å². The van der Waals surface area contributed by atoms with Gasteiger partial charge in [0.2, 0.25) is 0 Å². The second-order valence-corrected chi connectivity index (χ2v) is 30.8. The summed E-state index contributed by atoms with van der Waals surface area (Å²) in [5, 5.41) is 10.2. The quantitative estimate of drug-likeness (QED) is 0.141. The number of nitrogens with zero attached hydrogens (tertiary/aromatic N) is 13. The van der Waals surface area contributed by atoms with Crippen LogP contribution in [0.4, 0.5) is 22.7 Å². The Bertz CT molecular complexity index is 6380. The molecular formula is C96H82Ir2N13O4Pt-4. The molecule has 0 fully saturated rings. The number of pyridine rings is 1. The van der Waals surface area contributed by atoms with Crippen molar-refractivity contribution in [1.29, 1.82) is 0 Å². The molecule has 0 aliphatic carbocycles. The van der Waals surface area contributed by atoms with Gasteiger partial charge in [-0.25, -0.2) is 4.98 Å². The number of hydrogen-bond donors (Lipinski definition) is 0. The number of fused-ring (bicyclic) bond motifs is 18. The molecule has 116 heavy (non-hydrogen) atoms. The van der Waals surface area contributed by atoms with Crippen LogP contribution in [0.3, 0.4) is 0 Å². The van der Waals surface area contributed by atoms with Crippen molar-refractivity contribution < 1.29 is 79.3 Å². The summed E-state index contributed by atoms with van der Waals surface area (Å²) in [5.74, 6) is 2.16. The summed E-state index contributed by atoms with van der Waals surface area (Å²) in [4.78, 5) is 26.0. The second-order valence-electron chi connectivity index (χ2n) is 30.8. The number of imidazole rings is 1.